The number of rotatable bonds is 4. The number of aromatic nitrogens is 4. The van der Waals surface area contributed by atoms with Crippen molar-refractivity contribution in [2.75, 3.05) is 12.4 Å². The van der Waals surface area contributed by atoms with Gasteiger partial charge in [0.25, 0.3) is 5.78 Å². The zero-order valence-electron chi connectivity index (χ0n) is 18.2. The van der Waals surface area contributed by atoms with Gasteiger partial charge in [-0.05, 0) is 69.6 Å². The van der Waals surface area contributed by atoms with Gasteiger partial charge in [-0.2, -0.15) is 5.10 Å². The molecular formula is C24H29N5O2. The van der Waals surface area contributed by atoms with E-state index < -0.39 is 0 Å². The van der Waals surface area contributed by atoms with Gasteiger partial charge < -0.3 is 10.1 Å². The summed E-state index contributed by atoms with van der Waals surface area (Å²) in [5, 5.41) is 7.85. The number of benzene rings is 1. The van der Waals surface area contributed by atoms with Gasteiger partial charge in [0.15, 0.2) is 0 Å². The zero-order chi connectivity index (χ0) is 21.4. The minimum Gasteiger partial charge on any atom is -0.381 e. The number of amides is 1. The van der Waals surface area contributed by atoms with Crippen molar-refractivity contribution in [1.82, 2.24) is 19.6 Å². The summed E-state index contributed by atoms with van der Waals surface area (Å²) in [5.74, 6) is 0.749. The normalized spacial score (nSPS) is 21.1. The maximum atomic E-state index is 12.8. The lowest BCUT2D eigenvalue weighted by Crippen LogP contribution is -2.31. The Morgan fingerprint density at radius 1 is 1.13 bits per heavy atom. The molecule has 0 radical (unpaired) electrons. The molecule has 3 aromatic rings. The molecule has 1 fully saturated rings. The Morgan fingerprint density at radius 2 is 1.97 bits per heavy atom. The molecule has 1 saturated carbocycles. The Labute approximate surface area is 182 Å². The highest BCUT2D eigenvalue weighted by molar-refractivity contribution is 5.93. The third-order valence-corrected chi connectivity index (χ3v) is 6.65. The topological polar surface area (TPSA) is 81.4 Å². The van der Waals surface area contributed by atoms with E-state index in [-0.39, 0.29) is 17.9 Å². The highest BCUT2D eigenvalue weighted by atomic mass is 16.5. The number of carbonyl (C=O) groups excluding carboxylic acids is 1. The Bertz CT molecular complexity index is 1080. The monoisotopic (exact) mass is 419 g/mol. The number of imidazole rings is 1. The second-order valence-electron chi connectivity index (χ2n) is 8.82. The van der Waals surface area contributed by atoms with E-state index in [4.69, 9.17) is 19.8 Å². The van der Waals surface area contributed by atoms with Gasteiger partial charge in [-0.25, -0.2) is 14.5 Å². The molecule has 0 saturated heterocycles. The van der Waals surface area contributed by atoms with Crippen molar-refractivity contribution in [3.63, 3.8) is 0 Å². The first-order valence-corrected chi connectivity index (χ1v) is 11.3. The van der Waals surface area contributed by atoms with Gasteiger partial charge in [-0.15, -0.1) is 0 Å². The molecule has 0 bridgehead atoms. The highest BCUT2D eigenvalue weighted by Crippen LogP contribution is 2.29. The van der Waals surface area contributed by atoms with Crippen molar-refractivity contribution >= 4 is 17.4 Å². The van der Waals surface area contributed by atoms with Crippen molar-refractivity contribution in [3.8, 4) is 11.3 Å². The lowest BCUT2D eigenvalue weighted by atomic mass is 9.86. The number of carbonyl (C=O) groups is 1. The summed E-state index contributed by atoms with van der Waals surface area (Å²) in [5.41, 5.74) is 5.89. The van der Waals surface area contributed by atoms with Gasteiger partial charge in [-0.1, -0.05) is 12.5 Å². The van der Waals surface area contributed by atoms with E-state index in [9.17, 15) is 4.79 Å². The van der Waals surface area contributed by atoms with Gasteiger partial charge in [0.1, 0.15) is 0 Å². The minimum absolute atomic E-state index is 0.0133. The second-order valence-corrected chi connectivity index (χ2v) is 8.82. The van der Waals surface area contributed by atoms with Crippen molar-refractivity contribution in [3.05, 3.63) is 41.3 Å². The second kappa shape index (κ2) is 8.38. The predicted octanol–water partition coefficient (Wildman–Crippen LogP) is 4.12. The van der Waals surface area contributed by atoms with E-state index in [0.717, 1.165) is 72.4 Å². The van der Waals surface area contributed by atoms with Crippen LogP contribution in [0.4, 0.5) is 5.69 Å². The van der Waals surface area contributed by atoms with Crippen molar-refractivity contribution < 1.29 is 9.53 Å². The largest absolute Gasteiger partial charge is 0.381 e. The predicted molar refractivity (Wildman–Crippen MR) is 119 cm³/mol. The average molecular weight is 420 g/mol. The van der Waals surface area contributed by atoms with E-state index in [1.165, 1.54) is 12.8 Å². The van der Waals surface area contributed by atoms with Crippen LogP contribution in [0.25, 0.3) is 17.0 Å². The molecular weight excluding hydrogens is 390 g/mol. The van der Waals surface area contributed by atoms with Crippen molar-refractivity contribution in [1.29, 1.82) is 0 Å². The molecule has 31 heavy (non-hydrogen) atoms. The smallest absolute Gasteiger partial charge is 0.251 e. The molecule has 5 rings (SSSR count). The first-order chi connectivity index (χ1) is 15.1. The molecule has 2 unspecified atom stereocenters. The molecule has 0 aliphatic heterocycles. The number of nitrogens with zero attached hydrogens (tertiary/aromatic N) is 4. The zero-order valence-corrected chi connectivity index (χ0v) is 18.2. The number of fused-ring (bicyclic) bond motifs is 2. The Hall–Kier alpha value is -2.80. The molecule has 2 aliphatic rings. The van der Waals surface area contributed by atoms with Crippen molar-refractivity contribution in [2.24, 2.45) is 5.92 Å². The number of methoxy groups -OCH3 is 1. The Morgan fingerprint density at radius 3 is 2.77 bits per heavy atom. The average Bonchev–Trinajstić information content (AvgIpc) is 3.21. The van der Waals surface area contributed by atoms with Gasteiger partial charge >= 0.3 is 0 Å². The quantitative estimate of drug-likeness (QED) is 0.688. The fourth-order valence-electron chi connectivity index (χ4n) is 4.80. The molecule has 1 aromatic carbocycles. The number of anilines is 1. The Balaban J connectivity index is 1.35. The summed E-state index contributed by atoms with van der Waals surface area (Å²) in [4.78, 5) is 22.2. The molecule has 1 amide bonds. The van der Waals surface area contributed by atoms with Gasteiger partial charge in [0.2, 0.25) is 5.91 Å². The van der Waals surface area contributed by atoms with Crippen LogP contribution in [-0.2, 0) is 22.4 Å². The van der Waals surface area contributed by atoms with Gasteiger partial charge in [-0.3, -0.25) is 4.79 Å². The lowest BCUT2D eigenvalue weighted by molar-refractivity contribution is -0.122. The fourth-order valence-corrected chi connectivity index (χ4v) is 4.80. The highest BCUT2D eigenvalue weighted by Gasteiger charge is 2.27. The third-order valence-electron chi connectivity index (χ3n) is 6.65. The SMILES string of the molecule is COC1CCCC(C(=O)Nc2ccc(-c3cn4nc5c(nc4n3)CCCC5)cc2C)C1. The van der Waals surface area contributed by atoms with E-state index in [1.54, 1.807) is 11.6 Å². The summed E-state index contributed by atoms with van der Waals surface area (Å²) in [6, 6.07) is 6.04. The van der Waals surface area contributed by atoms with Crippen LogP contribution in [0.15, 0.2) is 24.4 Å². The van der Waals surface area contributed by atoms with Crippen LogP contribution in [0.2, 0.25) is 0 Å². The van der Waals surface area contributed by atoms with Gasteiger partial charge in [0.05, 0.1) is 29.4 Å². The number of aryl methyl sites for hydroxylation is 3. The van der Waals surface area contributed by atoms with Crippen LogP contribution in [0.1, 0.15) is 55.5 Å². The van der Waals surface area contributed by atoms with E-state index in [2.05, 4.69) is 11.4 Å². The summed E-state index contributed by atoms with van der Waals surface area (Å²) >= 11 is 0. The summed E-state index contributed by atoms with van der Waals surface area (Å²) in [7, 11) is 1.73. The molecule has 7 heteroatoms. The Kier molecular flexibility index (Phi) is 5.44. The minimum atomic E-state index is 0.0133. The molecule has 2 atom stereocenters. The van der Waals surface area contributed by atoms with Crippen LogP contribution >= 0.6 is 0 Å². The molecule has 7 nitrogen and oxygen atoms in total. The van der Waals surface area contributed by atoms with Crippen LogP contribution in [0.5, 0.6) is 0 Å². The molecule has 2 aliphatic carbocycles. The maximum Gasteiger partial charge on any atom is 0.251 e. The fraction of sp³-hybridized carbons (Fsp3) is 0.500. The van der Waals surface area contributed by atoms with E-state index in [1.807, 2.05) is 25.3 Å². The third kappa shape index (κ3) is 4.06. The molecule has 2 heterocycles. The summed E-state index contributed by atoms with van der Waals surface area (Å²) in [6.07, 6.45) is 10.3. The standard InChI is InChI=1S/C24H29N5O2/c1-15-12-16(10-11-19(15)25-23(30)17-6-5-7-18(13-17)31-2)22-14-29-24(27-22)26-20-8-3-4-9-21(20)28-29/h10-12,14,17-18H,3-9,13H2,1-2H3,(H,25,30). The number of hydrogen-bond donors (Lipinski definition) is 1. The van der Waals surface area contributed by atoms with E-state index >= 15 is 0 Å². The van der Waals surface area contributed by atoms with E-state index in [0.29, 0.717) is 5.78 Å². The lowest BCUT2D eigenvalue weighted by Gasteiger charge is -2.27. The number of ether oxygens (including phenoxy) is 1. The molecule has 0 spiro atoms. The molecule has 2 aromatic heterocycles. The molecule has 162 valence electrons. The number of hydrogen-bond acceptors (Lipinski definition) is 5. The maximum absolute atomic E-state index is 12.8. The van der Waals surface area contributed by atoms with Gasteiger partial charge in [0, 0.05) is 24.3 Å². The van der Waals surface area contributed by atoms with Crippen molar-refractivity contribution in [2.45, 2.75) is 64.4 Å². The number of nitrogens with one attached hydrogen (secondary N) is 1. The first kappa shape index (κ1) is 20.1. The molecule has 1 N–H and O–H groups in total. The van der Waals surface area contributed by atoms with Crippen LogP contribution in [0, 0.1) is 12.8 Å². The van der Waals surface area contributed by atoms with Crippen LogP contribution in [0.3, 0.4) is 0 Å². The summed E-state index contributed by atoms with van der Waals surface area (Å²) < 4.78 is 7.26. The van der Waals surface area contributed by atoms with Crippen LogP contribution in [-0.4, -0.2) is 38.7 Å². The van der Waals surface area contributed by atoms with Crippen LogP contribution < -0.4 is 5.32 Å². The first-order valence-electron chi connectivity index (χ1n) is 11.3. The summed E-state index contributed by atoms with van der Waals surface area (Å²) in [6.45, 7) is 2.02.